The molecule has 1 fully saturated rings. The molecule has 0 spiro atoms. The molecular weight excluding hydrogens is 359 g/mol. The number of benzene rings is 1. The first kappa shape index (κ1) is 17.8. The number of anilines is 1. The van der Waals surface area contributed by atoms with Gasteiger partial charge in [-0.1, -0.05) is 6.07 Å². The van der Waals surface area contributed by atoms with Gasteiger partial charge < -0.3 is 0 Å². The van der Waals surface area contributed by atoms with Crippen molar-refractivity contribution in [2.24, 2.45) is 5.92 Å². The minimum atomic E-state index is -0.548. The average Bonchev–Trinajstić information content (AvgIpc) is 3.21. The molecule has 1 aromatic carbocycles. The monoisotopic (exact) mass is 376 g/mol. The number of hydrogen-bond donors (Lipinski definition) is 1. The molecule has 1 saturated heterocycles. The van der Waals surface area contributed by atoms with Crippen molar-refractivity contribution in [2.45, 2.75) is 19.3 Å². The van der Waals surface area contributed by atoms with Crippen LogP contribution in [-0.4, -0.2) is 32.6 Å². The number of halogens is 1. The van der Waals surface area contributed by atoms with Gasteiger partial charge in [0.2, 0.25) is 11.9 Å². The Hall–Kier alpha value is -3.60. The summed E-state index contributed by atoms with van der Waals surface area (Å²) in [6, 6.07) is 9.85. The number of H-pyrrole nitrogens is 1. The molecule has 0 aliphatic carbocycles. The summed E-state index contributed by atoms with van der Waals surface area (Å²) >= 11 is 0. The van der Waals surface area contributed by atoms with Gasteiger partial charge in [-0.2, -0.15) is 15.3 Å². The Morgan fingerprint density at radius 1 is 1.29 bits per heavy atom. The summed E-state index contributed by atoms with van der Waals surface area (Å²) in [6.07, 6.45) is 5.33. The van der Waals surface area contributed by atoms with Crippen molar-refractivity contribution in [3.05, 3.63) is 59.7 Å². The van der Waals surface area contributed by atoms with Gasteiger partial charge in [0.25, 0.3) is 0 Å². The second-order valence-corrected chi connectivity index (χ2v) is 6.68. The molecular formula is C20H17FN6O. The van der Waals surface area contributed by atoms with E-state index in [9.17, 15) is 9.18 Å². The molecule has 1 aliphatic rings. The Bertz CT molecular complexity index is 1040. The van der Waals surface area contributed by atoms with E-state index >= 15 is 0 Å². The lowest BCUT2D eigenvalue weighted by molar-refractivity contribution is -0.123. The molecule has 7 nitrogen and oxygen atoms in total. The van der Waals surface area contributed by atoms with Gasteiger partial charge >= 0.3 is 0 Å². The maximum absolute atomic E-state index is 13.5. The molecule has 1 N–H and O–H groups in total. The van der Waals surface area contributed by atoms with Crippen LogP contribution in [0.25, 0.3) is 11.4 Å². The highest BCUT2D eigenvalue weighted by atomic mass is 19.1. The lowest BCUT2D eigenvalue weighted by Gasteiger charge is -2.30. The standard InChI is InChI=1S/C20H17FN6O/c21-17-4-3-13(11-16(17)12-22)10-15-2-1-9-27(19(15)28)20-24-18(25-26-20)14-5-7-23-8-6-14/h3-8,11,15H,1-2,9-10H2,(H,24,25,26). The van der Waals surface area contributed by atoms with Crippen molar-refractivity contribution in [2.75, 3.05) is 11.4 Å². The van der Waals surface area contributed by atoms with Crippen LogP contribution >= 0.6 is 0 Å². The van der Waals surface area contributed by atoms with Crippen molar-refractivity contribution >= 4 is 11.9 Å². The number of aromatic amines is 1. The molecule has 1 unspecified atom stereocenters. The second kappa shape index (κ2) is 7.56. The molecule has 28 heavy (non-hydrogen) atoms. The summed E-state index contributed by atoms with van der Waals surface area (Å²) in [5, 5.41) is 16.0. The van der Waals surface area contributed by atoms with Crippen molar-refractivity contribution in [1.82, 2.24) is 20.2 Å². The first-order chi connectivity index (χ1) is 13.7. The Balaban J connectivity index is 1.52. The van der Waals surface area contributed by atoms with Crippen LogP contribution in [0.1, 0.15) is 24.0 Å². The number of amides is 1. The van der Waals surface area contributed by atoms with Crippen LogP contribution in [0.4, 0.5) is 10.3 Å². The molecule has 1 atom stereocenters. The molecule has 0 saturated carbocycles. The fraction of sp³-hybridized carbons (Fsp3) is 0.250. The Morgan fingerprint density at radius 3 is 2.89 bits per heavy atom. The van der Waals surface area contributed by atoms with E-state index in [1.54, 1.807) is 35.5 Å². The number of piperidine rings is 1. The molecule has 4 rings (SSSR count). The van der Waals surface area contributed by atoms with E-state index in [4.69, 9.17) is 5.26 Å². The number of carbonyl (C=O) groups excluding carboxylic acids is 1. The number of nitriles is 1. The van der Waals surface area contributed by atoms with Crippen LogP contribution in [-0.2, 0) is 11.2 Å². The zero-order valence-electron chi connectivity index (χ0n) is 15.0. The molecule has 140 valence electrons. The number of rotatable bonds is 4. The minimum Gasteiger partial charge on any atom is -0.281 e. The molecule has 0 bridgehead atoms. The molecule has 1 aliphatic heterocycles. The highest BCUT2D eigenvalue weighted by molar-refractivity contribution is 5.94. The van der Waals surface area contributed by atoms with Crippen molar-refractivity contribution in [3.63, 3.8) is 0 Å². The number of carbonyl (C=O) groups is 1. The molecule has 1 amide bonds. The average molecular weight is 376 g/mol. The number of nitrogens with zero attached hydrogens (tertiary/aromatic N) is 5. The lowest BCUT2D eigenvalue weighted by Crippen LogP contribution is -2.42. The van der Waals surface area contributed by atoms with Crippen LogP contribution in [0.2, 0.25) is 0 Å². The molecule has 0 radical (unpaired) electrons. The smallest absolute Gasteiger partial charge is 0.232 e. The summed E-state index contributed by atoms with van der Waals surface area (Å²) < 4.78 is 13.5. The van der Waals surface area contributed by atoms with Crippen molar-refractivity contribution in [1.29, 1.82) is 5.26 Å². The zero-order valence-corrected chi connectivity index (χ0v) is 15.0. The number of hydrogen-bond acceptors (Lipinski definition) is 5. The normalized spacial score (nSPS) is 16.8. The maximum Gasteiger partial charge on any atom is 0.232 e. The van der Waals surface area contributed by atoms with E-state index < -0.39 is 5.82 Å². The van der Waals surface area contributed by atoms with Crippen LogP contribution in [0.3, 0.4) is 0 Å². The van der Waals surface area contributed by atoms with Gasteiger partial charge in [-0.15, -0.1) is 0 Å². The van der Waals surface area contributed by atoms with Crippen LogP contribution in [0.5, 0.6) is 0 Å². The van der Waals surface area contributed by atoms with Crippen LogP contribution < -0.4 is 4.90 Å². The molecule has 8 heteroatoms. The maximum atomic E-state index is 13.5. The Labute approximate surface area is 160 Å². The van der Waals surface area contributed by atoms with E-state index in [1.807, 2.05) is 6.07 Å². The first-order valence-electron chi connectivity index (χ1n) is 8.98. The quantitative estimate of drug-likeness (QED) is 0.755. The van der Waals surface area contributed by atoms with E-state index in [0.717, 1.165) is 24.0 Å². The van der Waals surface area contributed by atoms with Gasteiger partial charge in [0, 0.05) is 30.4 Å². The summed E-state index contributed by atoms with van der Waals surface area (Å²) in [5.41, 5.74) is 1.58. The third-order valence-electron chi connectivity index (χ3n) is 4.85. The zero-order chi connectivity index (χ0) is 19.5. The third-order valence-corrected chi connectivity index (χ3v) is 4.85. The van der Waals surface area contributed by atoms with Gasteiger partial charge in [0.05, 0.1) is 5.56 Å². The number of aromatic nitrogens is 4. The topological polar surface area (TPSA) is 98.6 Å². The van der Waals surface area contributed by atoms with Crippen molar-refractivity contribution in [3.8, 4) is 17.5 Å². The highest BCUT2D eigenvalue weighted by Gasteiger charge is 2.31. The minimum absolute atomic E-state index is 0.00478. The third kappa shape index (κ3) is 3.47. The van der Waals surface area contributed by atoms with Gasteiger partial charge in [-0.3, -0.25) is 14.7 Å². The summed E-state index contributed by atoms with van der Waals surface area (Å²) in [7, 11) is 0. The fourth-order valence-electron chi connectivity index (χ4n) is 3.42. The van der Waals surface area contributed by atoms with E-state index in [1.165, 1.54) is 12.1 Å². The van der Waals surface area contributed by atoms with Gasteiger partial charge in [0.15, 0.2) is 5.82 Å². The van der Waals surface area contributed by atoms with Crippen LogP contribution in [0.15, 0.2) is 42.7 Å². The second-order valence-electron chi connectivity index (χ2n) is 6.68. The lowest BCUT2D eigenvalue weighted by atomic mass is 9.90. The Morgan fingerprint density at radius 2 is 2.11 bits per heavy atom. The summed E-state index contributed by atoms with van der Waals surface area (Å²) in [4.78, 5) is 23.0. The summed E-state index contributed by atoms with van der Waals surface area (Å²) in [5.74, 6) is 0.0720. The molecule has 3 heterocycles. The van der Waals surface area contributed by atoms with Gasteiger partial charge in [-0.05, 0) is 49.1 Å². The highest BCUT2D eigenvalue weighted by Crippen LogP contribution is 2.26. The predicted octanol–water partition coefficient (Wildman–Crippen LogP) is 2.86. The number of pyridine rings is 1. The van der Waals surface area contributed by atoms with Crippen LogP contribution in [0, 0.1) is 23.1 Å². The summed E-state index contributed by atoms with van der Waals surface area (Å²) in [6.45, 7) is 0.563. The largest absolute Gasteiger partial charge is 0.281 e. The molecule has 3 aromatic rings. The van der Waals surface area contributed by atoms with Gasteiger partial charge in [-0.25, -0.2) is 9.49 Å². The predicted molar refractivity (Wildman–Crippen MR) is 99.5 cm³/mol. The first-order valence-corrected chi connectivity index (χ1v) is 8.98. The van der Waals surface area contributed by atoms with E-state index in [2.05, 4.69) is 20.2 Å². The SMILES string of the molecule is N#Cc1cc(CC2CCCN(c3nc(-c4ccncc4)n[nH]3)C2=O)ccc1F. The van der Waals surface area contributed by atoms with Crippen molar-refractivity contribution < 1.29 is 9.18 Å². The Kier molecular flexibility index (Phi) is 4.81. The van der Waals surface area contributed by atoms with Gasteiger partial charge in [0.1, 0.15) is 11.9 Å². The van der Waals surface area contributed by atoms with E-state index in [0.29, 0.717) is 24.7 Å². The molecule has 2 aromatic heterocycles. The number of nitrogens with one attached hydrogen (secondary N) is 1. The fourth-order valence-corrected chi connectivity index (χ4v) is 3.42. The van der Waals surface area contributed by atoms with E-state index in [-0.39, 0.29) is 17.4 Å².